The molecule has 0 radical (unpaired) electrons. The Hall–Kier alpha value is -0.400. The number of fused-ring (bicyclic) bond motifs is 1. The van der Waals surface area contributed by atoms with Crippen LogP contribution in [0.15, 0.2) is 30.3 Å². The SMILES string of the molecule is CC1(C)O[C@H]2[C@H](OCc3ccccc3)O[C@H](CNCCCl)[C@H]2O1.Cl. The molecule has 4 atom stereocenters. The lowest BCUT2D eigenvalue weighted by atomic mass is 10.1. The molecule has 0 spiro atoms. The highest BCUT2D eigenvalue weighted by Crippen LogP contribution is 2.39. The fourth-order valence-electron chi connectivity index (χ4n) is 3.00. The van der Waals surface area contributed by atoms with E-state index in [1.807, 2.05) is 44.2 Å². The number of hydrogen-bond acceptors (Lipinski definition) is 5. The van der Waals surface area contributed by atoms with Crippen LogP contribution >= 0.6 is 24.0 Å². The smallest absolute Gasteiger partial charge is 0.187 e. The van der Waals surface area contributed by atoms with Crippen LogP contribution in [0.3, 0.4) is 0 Å². The Bertz CT molecular complexity index is 503. The standard InChI is InChI=1S/C17H24ClNO4.ClH/c1-17(2)22-14-13(10-19-9-8-18)21-16(15(14)23-17)20-11-12-6-4-3-5-7-12;/h3-7,13-16,19H,8-11H2,1-2H3;1H/t13-,14-,15-,16-;/m1./s1. The lowest BCUT2D eigenvalue weighted by molar-refractivity contribution is -0.235. The summed E-state index contributed by atoms with van der Waals surface area (Å²) in [4.78, 5) is 0. The number of halogens is 2. The summed E-state index contributed by atoms with van der Waals surface area (Å²) in [5.41, 5.74) is 1.11. The van der Waals surface area contributed by atoms with Gasteiger partial charge in [-0.25, -0.2) is 0 Å². The molecule has 1 aromatic rings. The fourth-order valence-corrected chi connectivity index (χ4v) is 3.14. The molecule has 0 unspecified atom stereocenters. The molecular formula is C17H25Cl2NO4. The Morgan fingerprint density at radius 1 is 1.17 bits per heavy atom. The van der Waals surface area contributed by atoms with Crippen LogP contribution in [-0.2, 0) is 25.6 Å². The molecule has 0 amide bonds. The molecule has 0 saturated carbocycles. The van der Waals surface area contributed by atoms with Gasteiger partial charge in [0.25, 0.3) is 0 Å². The molecule has 3 rings (SSSR count). The van der Waals surface area contributed by atoms with E-state index in [1.165, 1.54) is 0 Å². The van der Waals surface area contributed by atoms with Crippen LogP contribution in [0.5, 0.6) is 0 Å². The summed E-state index contributed by atoms with van der Waals surface area (Å²) in [6.45, 7) is 5.73. The first kappa shape index (κ1) is 19.9. The summed E-state index contributed by atoms with van der Waals surface area (Å²) in [6, 6.07) is 10.0. The van der Waals surface area contributed by atoms with E-state index in [9.17, 15) is 0 Å². The fraction of sp³-hybridized carbons (Fsp3) is 0.647. The summed E-state index contributed by atoms with van der Waals surface area (Å²) in [5.74, 6) is -0.0458. The summed E-state index contributed by atoms with van der Waals surface area (Å²) in [5, 5.41) is 3.26. The number of ether oxygens (including phenoxy) is 4. The van der Waals surface area contributed by atoms with Crippen molar-refractivity contribution in [2.75, 3.05) is 19.0 Å². The van der Waals surface area contributed by atoms with Gasteiger partial charge in [-0.05, 0) is 19.4 Å². The summed E-state index contributed by atoms with van der Waals surface area (Å²) < 4.78 is 23.9. The van der Waals surface area contributed by atoms with Gasteiger partial charge in [0.05, 0.1) is 6.61 Å². The second-order valence-corrected chi connectivity index (χ2v) is 6.68. The van der Waals surface area contributed by atoms with Gasteiger partial charge < -0.3 is 24.3 Å². The van der Waals surface area contributed by atoms with Crippen LogP contribution in [0.2, 0.25) is 0 Å². The predicted octanol–water partition coefficient (Wildman–Crippen LogP) is 2.70. The molecule has 2 heterocycles. The highest BCUT2D eigenvalue weighted by atomic mass is 35.5. The Kier molecular flexibility index (Phi) is 7.31. The number of hydrogen-bond donors (Lipinski definition) is 1. The van der Waals surface area contributed by atoms with Crippen LogP contribution in [0.25, 0.3) is 0 Å². The first-order valence-corrected chi connectivity index (χ1v) is 8.56. The summed E-state index contributed by atoms with van der Waals surface area (Å²) in [7, 11) is 0. The molecule has 0 aromatic heterocycles. The molecule has 136 valence electrons. The Balaban J connectivity index is 0.00000208. The summed E-state index contributed by atoms with van der Waals surface area (Å²) >= 11 is 5.71. The lowest BCUT2D eigenvalue weighted by Crippen LogP contribution is -2.38. The third kappa shape index (κ3) is 4.82. The molecule has 0 bridgehead atoms. The molecule has 1 aromatic carbocycles. The zero-order valence-electron chi connectivity index (χ0n) is 13.9. The van der Waals surface area contributed by atoms with E-state index in [2.05, 4.69) is 5.32 Å². The maximum absolute atomic E-state index is 6.01. The van der Waals surface area contributed by atoms with Gasteiger partial charge in [-0.1, -0.05) is 30.3 Å². The van der Waals surface area contributed by atoms with Crippen molar-refractivity contribution < 1.29 is 18.9 Å². The van der Waals surface area contributed by atoms with Crippen LogP contribution < -0.4 is 5.32 Å². The molecule has 2 aliphatic rings. The number of alkyl halides is 1. The van der Waals surface area contributed by atoms with Gasteiger partial charge in [0.2, 0.25) is 0 Å². The Labute approximate surface area is 154 Å². The molecule has 1 N–H and O–H groups in total. The van der Waals surface area contributed by atoms with E-state index in [4.69, 9.17) is 30.5 Å². The monoisotopic (exact) mass is 377 g/mol. The molecule has 2 aliphatic heterocycles. The van der Waals surface area contributed by atoms with Crippen molar-refractivity contribution in [2.24, 2.45) is 0 Å². The van der Waals surface area contributed by atoms with Crippen molar-refractivity contribution in [3.8, 4) is 0 Å². The quantitative estimate of drug-likeness (QED) is 0.584. The second-order valence-electron chi connectivity index (χ2n) is 6.30. The van der Waals surface area contributed by atoms with E-state index < -0.39 is 12.1 Å². The Morgan fingerprint density at radius 2 is 1.88 bits per heavy atom. The number of nitrogens with one attached hydrogen (secondary N) is 1. The third-order valence-electron chi connectivity index (χ3n) is 3.98. The van der Waals surface area contributed by atoms with Crippen molar-refractivity contribution in [2.45, 2.75) is 50.8 Å². The van der Waals surface area contributed by atoms with Crippen LogP contribution in [-0.4, -0.2) is 49.4 Å². The van der Waals surface area contributed by atoms with Gasteiger partial charge in [-0.2, -0.15) is 0 Å². The first-order chi connectivity index (χ1) is 11.1. The molecule has 7 heteroatoms. The zero-order chi connectivity index (χ0) is 16.3. The van der Waals surface area contributed by atoms with Gasteiger partial charge >= 0.3 is 0 Å². The molecule has 24 heavy (non-hydrogen) atoms. The van der Waals surface area contributed by atoms with E-state index in [-0.39, 0.29) is 30.7 Å². The van der Waals surface area contributed by atoms with Crippen molar-refractivity contribution in [1.29, 1.82) is 0 Å². The molecular weight excluding hydrogens is 353 g/mol. The first-order valence-electron chi connectivity index (χ1n) is 8.02. The predicted molar refractivity (Wildman–Crippen MR) is 94.6 cm³/mol. The maximum Gasteiger partial charge on any atom is 0.187 e. The Morgan fingerprint density at radius 3 is 2.58 bits per heavy atom. The topological polar surface area (TPSA) is 49.0 Å². The largest absolute Gasteiger partial charge is 0.345 e. The minimum absolute atomic E-state index is 0. The van der Waals surface area contributed by atoms with Gasteiger partial charge in [-0.15, -0.1) is 24.0 Å². The summed E-state index contributed by atoms with van der Waals surface area (Å²) in [6.07, 6.45) is -0.874. The highest BCUT2D eigenvalue weighted by molar-refractivity contribution is 6.18. The molecule has 0 aliphatic carbocycles. The van der Waals surface area contributed by atoms with E-state index >= 15 is 0 Å². The minimum atomic E-state index is -0.613. The van der Waals surface area contributed by atoms with Crippen LogP contribution in [0.4, 0.5) is 0 Å². The van der Waals surface area contributed by atoms with Gasteiger partial charge in [0.15, 0.2) is 12.1 Å². The minimum Gasteiger partial charge on any atom is -0.345 e. The van der Waals surface area contributed by atoms with E-state index in [1.54, 1.807) is 0 Å². The van der Waals surface area contributed by atoms with E-state index in [0.717, 1.165) is 12.1 Å². The molecule has 2 saturated heterocycles. The van der Waals surface area contributed by atoms with Crippen LogP contribution in [0, 0.1) is 0 Å². The second kappa shape index (κ2) is 8.81. The average Bonchev–Trinajstić information content (AvgIpc) is 3.01. The van der Waals surface area contributed by atoms with Crippen molar-refractivity contribution in [3.05, 3.63) is 35.9 Å². The van der Waals surface area contributed by atoms with Gasteiger partial charge in [0.1, 0.15) is 18.3 Å². The molecule has 5 nitrogen and oxygen atoms in total. The van der Waals surface area contributed by atoms with Crippen molar-refractivity contribution >= 4 is 24.0 Å². The normalized spacial score (nSPS) is 30.8. The lowest BCUT2D eigenvalue weighted by Gasteiger charge is -2.24. The number of benzene rings is 1. The molecule has 2 fully saturated rings. The van der Waals surface area contributed by atoms with Crippen LogP contribution in [0.1, 0.15) is 19.4 Å². The maximum atomic E-state index is 6.01. The third-order valence-corrected chi connectivity index (χ3v) is 4.17. The van der Waals surface area contributed by atoms with E-state index in [0.29, 0.717) is 19.0 Å². The highest BCUT2D eigenvalue weighted by Gasteiger charge is 2.55. The average molecular weight is 378 g/mol. The van der Waals surface area contributed by atoms with Crippen molar-refractivity contribution in [1.82, 2.24) is 5.32 Å². The van der Waals surface area contributed by atoms with Gasteiger partial charge in [0, 0.05) is 19.0 Å². The zero-order valence-corrected chi connectivity index (χ0v) is 15.5. The number of rotatable bonds is 7. The van der Waals surface area contributed by atoms with Gasteiger partial charge in [-0.3, -0.25) is 0 Å². The van der Waals surface area contributed by atoms with Crippen molar-refractivity contribution in [3.63, 3.8) is 0 Å².